The quantitative estimate of drug-likeness (QED) is 0.606. The maximum absolute atomic E-state index is 5.83. The van der Waals surface area contributed by atoms with Gasteiger partial charge in [-0.05, 0) is 32.1 Å². The van der Waals surface area contributed by atoms with Gasteiger partial charge in [-0.3, -0.25) is 0 Å². The minimum Gasteiger partial charge on any atom is -0.477 e. The van der Waals surface area contributed by atoms with Gasteiger partial charge >= 0.3 is 0 Å². The first-order chi connectivity index (χ1) is 6.45. The molecule has 2 aliphatic rings. The summed E-state index contributed by atoms with van der Waals surface area (Å²) in [4.78, 5) is 4.24. The third kappa shape index (κ3) is 2.58. The van der Waals surface area contributed by atoms with Crippen molar-refractivity contribution in [3.05, 3.63) is 12.3 Å². The van der Waals surface area contributed by atoms with E-state index in [0.717, 1.165) is 18.7 Å². The summed E-state index contributed by atoms with van der Waals surface area (Å²) >= 11 is 0. The molecule has 1 aliphatic carbocycles. The number of hydrogen-bond acceptors (Lipinski definition) is 2. The van der Waals surface area contributed by atoms with E-state index in [1.807, 2.05) is 6.20 Å². The van der Waals surface area contributed by atoms with Crippen molar-refractivity contribution < 1.29 is 4.74 Å². The second kappa shape index (κ2) is 4.45. The molecule has 2 heteroatoms. The molecule has 72 valence electrons. The third-order valence-corrected chi connectivity index (χ3v) is 2.70. The smallest absolute Gasteiger partial charge is 0.188 e. The maximum Gasteiger partial charge on any atom is 0.188 e. The van der Waals surface area contributed by atoms with Gasteiger partial charge < -0.3 is 4.74 Å². The molecular formula is C11H17NO. The average molecular weight is 179 g/mol. The van der Waals surface area contributed by atoms with E-state index >= 15 is 0 Å². The van der Waals surface area contributed by atoms with Gasteiger partial charge in [0.15, 0.2) is 5.90 Å². The number of ether oxygens (including phenoxy) is 1. The Hall–Kier alpha value is -0.790. The molecule has 0 saturated heterocycles. The minimum atomic E-state index is 0.457. The molecule has 0 bridgehead atoms. The van der Waals surface area contributed by atoms with E-state index in [1.165, 1.54) is 32.1 Å². The molecule has 1 aliphatic heterocycles. The molecule has 2 rings (SSSR count). The second-order valence-electron chi connectivity index (χ2n) is 3.82. The highest BCUT2D eigenvalue weighted by atomic mass is 16.5. The SMILES string of the molecule is C1=CN=C(OC2CCCCC2)CC1. The zero-order valence-corrected chi connectivity index (χ0v) is 8.04. The zero-order valence-electron chi connectivity index (χ0n) is 8.04. The average Bonchev–Trinajstić information content (AvgIpc) is 2.21. The van der Waals surface area contributed by atoms with Crippen LogP contribution in [0.3, 0.4) is 0 Å². The molecule has 1 saturated carbocycles. The second-order valence-corrected chi connectivity index (χ2v) is 3.82. The topological polar surface area (TPSA) is 21.6 Å². The molecule has 1 heterocycles. The van der Waals surface area contributed by atoms with Gasteiger partial charge in [0.25, 0.3) is 0 Å². The number of rotatable bonds is 1. The van der Waals surface area contributed by atoms with Crippen molar-refractivity contribution in [1.29, 1.82) is 0 Å². The molecule has 13 heavy (non-hydrogen) atoms. The molecule has 0 aromatic rings. The van der Waals surface area contributed by atoms with E-state index in [-0.39, 0.29) is 0 Å². The van der Waals surface area contributed by atoms with Gasteiger partial charge in [0, 0.05) is 12.6 Å². The number of nitrogens with zero attached hydrogens (tertiary/aromatic N) is 1. The van der Waals surface area contributed by atoms with E-state index in [2.05, 4.69) is 11.1 Å². The summed E-state index contributed by atoms with van der Waals surface area (Å²) in [6.45, 7) is 0. The molecule has 0 aromatic carbocycles. The fourth-order valence-electron chi connectivity index (χ4n) is 1.95. The first kappa shape index (κ1) is 8.79. The fourth-order valence-corrected chi connectivity index (χ4v) is 1.95. The van der Waals surface area contributed by atoms with Crippen molar-refractivity contribution in [1.82, 2.24) is 0 Å². The van der Waals surface area contributed by atoms with E-state index in [9.17, 15) is 0 Å². The Labute approximate surface area is 79.7 Å². The van der Waals surface area contributed by atoms with Crippen LogP contribution in [-0.4, -0.2) is 12.0 Å². The highest BCUT2D eigenvalue weighted by Gasteiger charge is 2.16. The lowest BCUT2D eigenvalue weighted by Gasteiger charge is -2.23. The minimum absolute atomic E-state index is 0.457. The van der Waals surface area contributed by atoms with E-state index in [1.54, 1.807) is 0 Å². The van der Waals surface area contributed by atoms with Crippen LogP contribution in [0.1, 0.15) is 44.9 Å². The fraction of sp³-hybridized carbons (Fsp3) is 0.727. The van der Waals surface area contributed by atoms with Crippen molar-refractivity contribution in [3.63, 3.8) is 0 Å². The monoisotopic (exact) mass is 179 g/mol. The van der Waals surface area contributed by atoms with E-state index < -0.39 is 0 Å². The zero-order chi connectivity index (χ0) is 8.93. The lowest BCUT2D eigenvalue weighted by molar-refractivity contribution is 0.138. The Morgan fingerprint density at radius 2 is 2.08 bits per heavy atom. The van der Waals surface area contributed by atoms with Crippen molar-refractivity contribution in [3.8, 4) is 0 Å². The largest absolute Gasteiger partial charge is 0.477 e. The van der Waals surface area contributed by atoms with Crippen molar-refractivity contribution in [2.24, 2.45) is 4.99 Å². The summed E-state index contributed by atoms with van der Waals surface area (Å²) in [5.41, 5.74) is 0. The van der Waals surface area contributed by atoms with Crippen LogP contribution in [0.4, 0.5) is 0 Å². The molecule has 0 radical (unpaired) electrons. The number of hydrogen-bond donors (Lipinski definition) is 0. The first-order valence-electron chi connectivity index (χ1n) is 5.33. The Bertz CT molecular complexity index is 214. The first-order valence-corrected chi connectivity index (χ1v) is 5.33. The molecule has 0 spiro atoms. The lowest BCUT2D eigenvalue weighted by atomic mass is 9.98. The van der Waals surface area contributed by atoms with Gasteiger partial charge in [0.05, 0.1) is 0 Å². The molecule has 2 nitrogen and oxygen atoms in total. The highest BCUT2D eigenvalue weighted by Crippen LogP contribution is 2.21. The van der Waals surface area contributed by atoms with E-state index in [4.69, 9.17) is 4.74 Å². The Morgan fingerprint density at radius 1 is 1.23 bits per heavy atom. The Morgan fingerprint density at radius 3 is 2.77 bits per heavy atom. The van der Waals surface area contributed by atoms with Gasteiger partial charge in [0.1, 0.15) is 6.10 Å². The van der Waals surface area contributed by atoms with Crippen LogP contribution in [0.2, 0.25) is 0 Å². The summed E-state index contributed by atoms with van der Waals surface area (Å²) in [6.07, 6.45) is 13.0. The van der Waals surface area contributed by atoms with Crippen LogP contribution in [0, 0.1) is 0 Å². The van der Waals surface area contributed by atoms with Crippen molar-refractivity contribution >= 4 is 5.90 Å². The summed E-state index contributed by atoms with van der Waals surface area (Å²) < 4.78 is 5.83. The number of aliphatic imine (C=N–C) groups is 1. The van der Waals surface area contributed by atoms with Crippen LogP contribution < -0.4 is 0 Å². The number of allylic oxidation sites excluding steroid dienone is 1. The van der Waals surface area contributed by atoms with Crippen LogP contribution in [0.5, 0.6) is 0 Å². The summed E-state index contributed by atoms with van der Waals surface area (Å²) in [6, 6.07) is 0. The molecule has 0 N–H and O–H groups in total. The van der Waals surface area contributed by atoms with Crippen molar-refractivity contribution in [2.75, 3.05) is 0 Å². The molecule has 0 amide bonds. The summed E-state index contributed by atoms with van der Waals surface area (Å²) in [5.74, 6) is 0.953. The van der Waals surface area contributed by atoms with Crippen LogP contribution >= 0.6 is 0 Å². The van der Waals surface area contributed by atoms with Crippen molar-refractivity contribution in [2.45, 2.75) is 51.0 Å². The van der Waals surface area contributed by atoms with Crippen LogP contribution in [-0.2, 0) is 4.74 Å². The van der Waals surface area contributed by atoms with Gasteiger partial charge in [0.2, 0.25) is 0 Å². The standard InChI is InChI=1S/C11H17NO/c1-2-6-10(7-3-1)13-11-8-4-5-9-12-11/h5,9-10H,1-4,6-8H2. The predicted octanol–water partition coefficient (Wildman–Crippen LogP) is 3.04. The molecule has 1 fully saturated rings. The third-order valence-electron chi connectivity index (χ3n) is 2.70. The molecule has 0 atom stereocenters. The lowest BCUT2D eigenvalue weighted by Crippen LogP contribution is -2.21. The van der Waals surface area contributed by atoms with Gasteiger partial charge in [-0.2, -0.15) is 0 Å². The summed E-state index contributed by atoms with van der Waals surface area (Å²) in [7, 11) is 0. The van der Waals surface area contributed by atoms with Gasteiger partial charge in [-0.1, -0.05) is 12.5 Å². The van der Waals surface area contributed by atoms with Crippen LogP contribution in [0.15, 0.2) is 17.3 Å². The Balaban J connectivity index is 1.82. The maximum atomic E-state index is 5.83. The summed E-state index contributed by atoms with van der Waals surface area (Å²) in [5, 5.41) is 0. The van der Waals surface area contributed by atoms with Gasteiger partial charge in [-0.15, -0.1) is 0 Å². The molecule has 0 unspecified atom stereocenters. The Kier molecular flexibility index (Phi) is 3.01. The van der Waals surface area contributed by atoms with Gasteiger partial charge in [-0.25, -0.2) is 4.99 Å². The van der Waals surface area contributed by atoms with Crippen LogP contribution in [0.25, 0.3) is 0 Å². The molecule has 0 aromatic heterocycles. The normalized spacial score (nSPS) is 24.2. The van der Waals surface area contributed by atoms with E-state index in [0.29, 0.717) is 6.10 Å². The molecular weight excluding hydrogens is 162 g/mol. The predicted molar refractivity (Wildman–Crippen MR) is 53.8 cm³/mol. The highest BCUT2D eigenvalue weighted by molar-refractivity contribution is 5.77.